The van der Waals surface area contributed by atoms with Gasteiger partial charge in [-0.1, -0.05) is 13.8 Å². The van der Waals surface area contributed by atoms with Crippen LogP contribution >= 0.6 is 0 Å². The molecule has 0 aliphatic rings. The van der Waals surface area contributed by atoms with Gasteiger partial charge in [0.15, 0.2) is 6.29 Å². The molecule has 0 aliphatic carbocycles. The van der Waals surface area contributed by atoms with Gasteiger partial charge in [0, 0.05) is 14.2 Å². The minimum absolute atomic E-state index is 0.216. The molecule has 18 heavy (non-hydrogen) atoms. The Hall–Kier alpha value is -0.200. The summed E-state index contributed by atoms with van der Waals surface area (Å²) in [6, 6.07) is 0. The van der Waals surface area contributed by atoms with E-state index in [1.165, 1.54) is 14.2 Å². The topological polar surface area (TPSA) is 68.2 Å². The van der Waals surface area contributed by atoms with Crippen LogP contribution in [0.15, 0.2) is 0 Å². The Morgan fingerprint density at radius 2 is 1.61 bits per heavy atom. The maximum atomic E-state index is 10.1. The van der Waals surface area contributed by atoms with Crippen molar-refractivity contribution in [1.82, 2.24) is 0 Å². The van der Waals surface area contributed by atoms with Gasteiger partial charge < -0.3 is 24.4 Å². The van der Waals surface area contributed by atoms with Gasteiger partial charge in [-0.15, -0.1) is 0 Å². The summed E-state index contributed by atoms with van der Waals surface area (Å²) < 4.78 is 15.5. The number of hydrogen-bond donors (Lipinski definition) is 2. The van der Waals surface area contributed by atoms with Crippen LogP contribution in [0.1, 0.15) is 33.6 Å². The second-order valence-corrected chi connectivity index (χ2v) is 4.96. The van der Waals surface area contributed by atoms with E-state index < -0.39 is 24.6 Å². The quantitative estimate of drug-likeness (QED) is 0.580. The normalized spacial score (nSPS) is 18.7. The molecule has 4 atom stereocenters. The monoisotopic (exact) mass is 264 g/mol. The predicted molar refractivity (Wildman–Crippen MR) is 69.3 cm³/mol. The molecule has 5 heteroatoms. The molecule has 0 amide bonds. The van der Waals surface area contributed by atoms with E-state index in [4.69, 9.17) is 14.2 Å². The summed E-state index contributed by atoms with van der Waals surface area (Å²) in [5.41, 5.74) is 0. The summed E-state index contributed by atoms with van der Waals surface area (Å²) in [4.78, 5) is 0. The Kier molecular flexibility index (Phi) is 9.59. The molecule has 2 N–H and O–H groups in total. The molecule has 4 unspecified atom stereocenters. The van der Waals surface area contributed by atoms with Crippen LogP contribution in [0.5, 0.6) is 0 Å². The van der Waals surface area contributed by atoms with Crippen LogP contribution in [0.3, 0.4) is 0 Å². The van der Waals surface area contributed by atoms with Gasteiger partial charge in [0.2, 0.25) is 0 Å². The third-order valence-corrected chi connectivity index (χ3v) is 2.84. The lowest BCUT2D eigenvalue weighted by Crippen LogP contribution is -2.43. The second kappa shape index (κ2) is 9.69. The number of ether oxygens (including phenoxy) is 3. The van der Waals surface area contributed by atoms with Crippen LogP contribution in [-0.2, 0) is 14.2 Å². The Morgan fingerprint density at radius 3 is 2.06 bits per heavy atom. The van der Waals surface area contributed by atoms with Crippen molar-refractivity contribution in [2.45, 2.75) is 58.2 Å². The molecular weight excluding hydrogens is 236 g/mol. The van der Waals surface area contributed by atoms with Crippen molar-refractivity contribution in [3.05, 3.63) is 0 Å². The zero-order valence-corrected chi connectivity index (χ0v) is 12.1. The van der Waals surface area contributed by atoms with Crippen LogP contribution in [-0.4, -0.2) is 55.6 Å². The van der Waals surface area contributed by atoms with Crippen molar-refractivity contribution in [3.63, 3.8) is 0 Å². The van der Waals surface area contributed by atoms with Gasteiger partial charge in [-0.3, -0.25) is 0 Å². The molecule has 0 bridgehead atoms. The van der Waals surface area contributed by atoms with Gasteiger partial charge in [0.25, 0.3) is 0 Å². The van der Waals surface area contributed by atoms with Crippen molar-refractivity contribution >= 4 is 0 Å². The number of aliphatic hydroxyl groups is 2. The van der Waals surface area contributed by atoms with Crippen LogP contribution < -0.4 is 0 Å². The Labute approximate surface area is 110 Å². The molecule has 0 fully saturated rings. The molecular formula is C13H28O5. The molecule has 0 aromatic heterocycles. The third kappa shape index (κ3) is 7.28. The molecule has 0 rings (SSSR count). The maximum absolute atomic E-state index is 10.1. The number of aliphatic hydroxyl groups excluding tert-OH is 2. The van der Waals surface area contributed by atoms with Gasteiger partial charge in [0.05, 0.1) is 12.7 Å². The average molecular weight is 264 g/mol. The minimum atomic E-state index is -0.971. The molecule has 110 valence electrons. The average Bonchev–Trinajstić information content (AvgIpc) is 2.34. The van der Waals surface area contributed by atoms with Crippen LogP contribution in [0.4, 0.5) is 0 Å². The second-order valence-electron chi connectivity index (χ2n) is 4.96. The third-order valence-electron chi connectivity index (χ3n) is 2.84. The minimum Gasteiger partial charge on any atom is -0.390 e. The first kappa shape index (κ1) is 17.8. The van der Waals surface area contributed by atoms with Crippen molar-refractivity contribution in [2.24, 2.45) is 5.92 Å². The molecule has 0 radical (unpaired) electrons. The standard InChI is InChI=1S/C13H28O5/c1-9(2)6-7-11(14)13(15)12(8-16-4)18-10(3)17-5/h9-15H,6-8H2,1-5H3. The van der Waals surface area contributed by atoms with E-state index in [9.17, 15) is 10.2 Å². The fraction of sp³-hybridized carbons (Fsp3) is 1.00. The van der Waals surface area contributed by atoms with E-state index in [2.05, 4.69) is 13.8 Å². The van der Waals surface area contributed by atoms with E-state index >= 15 is 0 Å². The summed E-state index contributed by atoms with van der Waals surface area (Å²) in [6.07, 6.45) is -1.41. The lowest BCUT2D eigenvalue weighted by molar-refractivity contribution is -0.197. The van der Waals surface area contributed by atoms with E-state index in [-0.39, 0.29) is 6.61 Å². The zero-order chi connectivity index (χ0) is 14.1. The van der Waals surface area contributed by atoms with Crippen molar-refractivity contribution in [2.75, 3.05) is 20.8 Å². The highest BCUT2D eigenvalue weighted by Gasteiger charge is 2.28. The number of methoxy groups -OCH3 is 2. The largest absolute Gasteiger partial charge is 0.390 e. The van der Waals surface area contributed by atoms with E-state index in [0.29, 0.717) is 12.3 Å². The van der Waals surface area contributed by atoms with Crippen molar-refractivity contribution in [1.29, 1.82) is 0 Å². The number of hydrogen-bond acceptors (Lipinski definition) is 5. The first-order valence-electron chi connectivity index (χ1n) is 6.45. The summed E-state index contributed by atoms with van der Waals surface area (Å²) in [6.45, 7) is 6.11. The lowest BCUT2D eigenvalue weighted by atomic mass is 9.99. The molecule has 0 spiro atoms. The Bertz CT molecular complexity index is 198. The Balaban J connectivity index is 4.29. The molecule has 5 nitrogen and oxygen atoms in total. The zero-order valence-electron chi connectivity index (χ0n) is 12.1. The summed E-state index contributed by atoms with van der Waals surface area (Å²) >= 11 is 0. The predicted octanol–water partition coefficient (Wildman–Crippen LogP) is 1.17. The highest BCUT2D eigenvalue weighted by Crippen LogP contribution is 2.15. The lowest BCUT2D eigenvalue weighted by Gasteiger charge is -2.28. The summed E-state index contributed by atoms with van der Waals surface area (Å²) in [5.74, 6) is 0.492. The van der Waals surface area contributed by atoms with Gasteiger partial charge in [-0.2, -0.15) is 0 Å². The molecule has 0 aliphatic heterocycles. The maximum Gasteiger partial charge on any atom is 0.155 e. The smallest absolute Gasteiger partial charge is 0.155 e. The van der Waals surface area contributed by atoms with E-state index in [1.54, 1.807) is 6.92 Å². The fourth-order valence-corrected chi connectivity index (χ4v) is 1.61. The van der Waals surface area contributed by atoms with Gasteiger partial charge >= 0.3 is 0 Å². The van der Waals surface area contributed by atoms with E-state index in [1.807, 2.05) is 0 Å². The number of rotatable bonds is 10. The molecule has 0 saturated heterocycles. The van der Waals surface area contributed by atoms with Gasteiger partial charge in [0.1, 0.15) is 12.2 Å². The fourth-order valence-electron chi connectivity index (χ4n) is 1.61. The highest BCUT2D eigenvalue weighted by atomic mass is 16.7. The van der Waals surface area contributed by atoms with Crippen molar-refractivity contribution in [3.8, 4) is 0 Å². The summed E-state index contributed by atoms with van der Waals surface area (Å²) in [5, 5.41) is 20.0. The first-order chi connectivity index (χ1) is 8.42. The van der Waals surface area contributed by atoms with Crippen LogP contribution in [0.25, 0.3) is 0 Å². The molecule has 0 aromatic carbocycles. The first-order valence-corrected chi connectivity index (χ1v) is 6.45. The SMILES string of the molecule is COCC(OC(C)OC)C(O)C(O)CCC(C)C. The van der Waals surface area contributed by atoms with Crippen LogP contribution in [0, 0.1) is 5.92 Å². The van der Waals surface area contributed by atoms with E-state index in [0.717, 1.165) is 6.42 Å². The molecule has 0 aromatic rings. The highest BCUT2D eigenvalue weighted by molar-refractivity contribution is 4.77. The summed E-state index contributed by atoms with van der Waals surface area (Å²) in [7, 11) is 3.05. The molecule has 0 heterocycles. The van der Waals surface area contributed by atoms with Gasteiger partial charge in [-0.25, -0.2) is 0 Å². The van der Waals surface area contributed by atoms with Crippen LogP contribution in [0.2, 0.25) is 0 Å². The Morgan fingerprint density at radius 1 is 1.00 bits per heavy atom. The van der Waals surface area contributed by atoms with Crippen molar-refractivity contribution < 1.29 is 24.4 Å². The molecule has 0 saturated carbocycles. The van der Waals surface area contributed by atoms with Gasteiger partial charge in [-0.05, 0) is 25.7 Å².